The zero-order valence-corrected chi connectivity index (χ0v) is 8.44. The predicted molar refractivity (Wildman–Crippen MR) is 59.3 cm³/mol. The molecular formula is C12H15NO. The van der Waals surface area contributed by atoms with E-state index in [2.05, 4.69) is 18.1 Å². The molecule has 2 nitrogen and oxygen atoms in total. The third-order valence-corrected chi connectivity index (χ3v) is 1.49. The Morgan fingerprint density at radius 3 is 2.71 bits per heavy atom. The molecule has 2 heteroatoms. The van der Waals surface area contributed by atoms with Crippen LogP contribution in [0.5, 0.6) is 0 Å². The molecule has 0 saturated carbocycles. The van der Waals surface area contributed by atoms with Gasteiger partial charge < -0.3 is 0 Å². The summed E-state index contributed by atoms with van der Waals surface area (Å²) in [5.41, 5.74) is 0.538. The minimum atomic E-state index is 0.0636. The van der Waals surface area contributed by atoms with Crippen LogP contribution in [0, 0.1) is 0 Å². The molecule has 74 valence electrons. The molecular weight excluding hydrogens is 174 g/mol. The molecule has 0 bridgehead atoms. The number of Topliss-reactive ketones (excluding diaryl/α,β-unsaturated/α-hetero) is 1. The minimum Gasteiger partial charge on any atom is -0.292 e. The Kier molecular flexibility index (Phi) is 6.96. The highest BCUT2D eigenvalue weighted by Gasteiger charge is 2.02. The number of rotatable bonds is 3. The van der Waals surface area contributed by atoms with Gasteiger partial charge in [-0.15, -0.1) is 13.2 Å². The fourth-order valence-corrected chi connectivity index (χ4v) is 0.857. The van der Waals surface area contributed by atoms with E-state index in [-0.39, 0.29) is 5.78 Å². The van der Waals surface area contributed by atoms with Gasteiger partial charge in [-0.1, -0.05) is 18.2 Å². The topological polar surface area (TPSA) is 30.0 Å². The molecule has 0 radical (unpaired) electrons. The van der Waals surface area contributed by atoms with Crippen LogP contribution in [-0.4, -0.2) is 10.8 Å². The van der Waals surface area contributed by atoms with Gasteiger partial charge in [-0.2, -0.15) is 0 Å². The summed E-state index contributed by atoms with van der Waals surface area (Å²) in [6.07, 6.45) is 5.76. The number of aromatic nitrogens is 1. The first-order valence-electron chi connectivity index (χ1n) is 4.40. The maximum absolute atomic E-state index is 11.3. The molecule has 1 aromatic rings. The first-order chi connectivity index (χ1) is 6.84. The van der Waals surface area contributed by atoms with E-state index in [0.717, 1.165) is 0 Å². The first-order valence-corrected chi connectivity index (χ1v) is 4.40. The van der Waals surface area contributed by atoms with Gasteiger partial charge in [-0.3, -0.25) is 9.78 Å². The molecule has 0 spiro atoms. The number of hydrogen-bond donors (Lipinski definition) is 0. The first kappa shape index (κ1) is 12.3. The van der Waals surface area contributed by atoms with E-state index in [1.165, 1.54) is 0 Å². The van der Waals surface area contributed by atoms with E-state index in [1.807, 2.05) is 25.1 Å². The van der Waals surface area contributed by atoms with Crippen molar-refractivity contribution in [2.24, 2.45) is 0 Å². The van der Waals surface area contributed by atoms with Crippen LogP contribution < -0.4 is 0 Å². The molecule has 0 atom stereocenters. The molecule has 0 amide bonds. The molecule has 0 unspecified atom stereocenters. The van der Waals surface area contributed by atoms with Crippen LogP contribution in [0.15, 0.2) is 49.7 Å². The molecule has 14 heavy (non-hydrogen) atoms. The Bertz CT molecular complexity index is 290. The zero-order valence-electron chi connectivity index (χ0n) is 8.44. The number of hydrogen-bond acceptors (Lipinski definition) is 2. The third-order valence-electron chi connectivity index (χ3n) is 1.49. The fraction of sp³-hybridized carbons (Fsp3) is 0.167. The van der Waals surface area contributed by atoms with Crippen molar-refractivity contribution >= 4 is 5.78 Å². The summed E-state index contributed by atoms with van der Waals surface area (Å²) >= 11 is 0. The van der Waals surface area contributed by atoms with Gasteiger partial charge in [0.1, 0.15) is 5.69 Å². The number of carbonyl (C=O) groups is 1. The Morgan fingerprint density at radius 2 is 2.21 bits per heavy atom. The second-order valence-corrected chi connectivity index (χ2v) is 2.41. The van der Waals surface area contributed by atoms with Crippen molar-refractivity contribution in [2.75, 3.05) is 0 Å². The Balaban J connectivity index is 0.000000791. The van der Waals surface area contributed by atoms with E-state index in [4.69, 9.17) is 0 Å². The highest BCUT2D eigenvalue weighted by atomic mass is 16.1. The minimum absolute atomic E-state index is 0.0636. The van der Waals surface area contributed by atoms with Crippen molar-refractivity contribution in [3.63, 3.8) is 0 Å². The lowest BCUT2D eigenvalue weighted by Crippen LogP contribution is -1.99. The molecule has 0 saturated heterocycles. The van der Waals surface area contributed by atoms with Crippen LogP contribution in [0.2, 0.25) is 0 Å². The Labute approximate surface area is 85.0 Å². The number of nitrogens with zero attached hydrogens (tertiary/aromatic N) is 1. The number of pyridine rings is 1. The summed E-state index contributed by atoms with van der Waals surface area (Å²) in [5, 5.41) is 0. The molecule has 1 heterocycles. The highest BCUT2D eigenvalue weighted by Crippen LogP contribution is 1.99. The summed E-state index contributed by atoms with van der Waals surface area (Å²) in [6, 6.07) is 5.34. The van der Waals surface area contributed by atoms with Gasteiger partial charge in [0.25, 0.3) is 0 Å². The maximum atomic E-state index is 11.3. The molecule has 0 aromatic carbocycles. The number of allylic oxidation sites excluding steroid dienone is 2. The van der Waals surface area contributed by atoms with E-state index in [9.17, 15) is 4.79 Å². The second-order valence-electron chi connectivity index (χ2n) is 2.41. The Hall–Kier alpha value is -1.70. The van der Waals surface area contributed by atoms with Gasteiger partial charge in [0.2, 0.25) is 0 Å². The SMILES string of the molecule is C/C=C/CC(=O)c1ccccn1.C=C. The van der Waals surface area contributed by atoms with Gasteiger partial charge in [-0.25, -0.2) is 0 Å². The van der Waals surface area contributed by atoms with Crippen LogP contribution in [0.3, 0.4) is 0 Å². The average Bonchev–Trinajstić information content (AvgIpc) is 2.30. The van der Waals surface area contributed by atoms with E-state index in [0.29, 0.717) is 12.1 Å². The zero-order chi connectivity index (χ0) is 10.8. The summed E-state index contributed by atoms with van der Waals surface area (Å²) in [4.78, 5) is 15.2. The molecule has 0 N–H and O–H groups in total. The number of carbonyl (C=O) groups excluding carboxylic acids is 1. The summed E-state index contributed by atoms with van der Waals surface area (Å²) in [6.45, 7) is 7.89. The molecule has 0 aliphatic carbocycles. The van der Waals surface area contributed by atoms with Crippen LogP contribution in [0.25, 0.3) is 0 Å². The van der Waals surface area contributed by atoms with Gasteiger partial charge in [0, 0.05) is 12.6 Å². The van der Waals surface area contributed by atoms with E-state index >= 15 is 0 Å². The normalized spacial score (nSPS) is 9.21. The average molecular weight is 189 g/mol. The lowest BCUT2D eigenvalue weighted by atomic mass is 10.2. The standard InChI is InChI=1S/C10H11NO.C2H4/c1-2-3-7-10(12)9-6-4-5-8-11-9;1-2/h2-6,8H,7H2,1H3;1-2H2/b3-2+;. The predicted octanol–water partition coefficient (Wildman–Crippen LogP) is 3.03. The van der Waals surface area contributed by atoms with Crippen LogP contribution in [-0.2, 0) is 0 Å². The van der Waals surface area contributed by atoms with Gasteiger partial charge in [0.05, 0.1) is 0 Å². The van der Waals surface area contributed by atoms with Crippen molar-refractivity contribution in [1.82, 2.24) is 4.98 Å². The van der Waals surface area contributed by atoms with Crippen LogP contribution in [0.1, 0.15) is 23.8 Å². The smallest absolute Gasteiger partial charge is 0.184 e. The van der Waals surface area contributed by atoms with Crippen molar-refractivity contribution < 1.29 is 4.79 Å². The van der Waals surface area contributed by atoms with Gasteiger partial charge >= 0.3 is 0 Å². The van der Waals surface area contributed by atoms with Crippen molar-refractivity contribution in [3.05, 3.63) is 55.4 Å². The Morgan fingerprint density at radius 1 is 1.50 bits per heavy atom. The van der Waals surface area contributed by atoms with Gasteiger partial charge in [0.15, 0.2) is 5.78 Å². The molecule has 1 aromatic heterocycles. The third kappa shape index (κ3) is 4.36. The summed E-state index contributed by atoms with van der Waals surface area (Å²) in [5.74, 6) is 0.0636. The maximum Gasteiger partial charge on any atom is 0.184 e. The van der Waals surface area contributed by atoms with E-state index in [1.54, 1.807) is 18.3 Å². The summed E-state index contributed by atoms with van der Waals surface area (Å²) in [7, 11) is 0. The van der Waals surface area contributed by atoms with Crippen molar-refractivity contribution in [2.45, 2.75) is 13.3 Å². The monoisotopic (exact) mass is 189 g/mol. The summed E-state index contributed by atoms with van der Waals surface area (Å²) < 4.78 is 0. The van der Waals surface area contributed by atoms with E-state index < -0.39 is 0 Å². The lowest BCUT2D eigenvalue weighted by molar-refractivity contribution is 0.0991. The molecule has 1 rings (SSSR count). The van der Waals surface area contributed by atoms with Crippen LogP contribution in [0.4, 0.5) is 0 Å². The molecule has 0 fully saturated rings. The highest BCUT2D eigenvalue weighted by molar-refractivity contribution is 5.95. The lowest BCUT2D eigenvalue weighted by Gasteiger charge is -1.93. The van der Waals surface area contributed by atoms with Crippen molar-refractivity contribution in [1.29, 1.82) is 0 Å². The quantitative estimate of drug-likeness (QED) is 0.540. The fourth-order valence-electron chi connectivity index (χ4n) is 0.857. The molecule has 0 aliphatic heterocycles. The van der Waals surface area contributed by atoms with Crippen molar-refractivity contribution in [3.8, 4) is 0 Å². The number of ketones is 1. The molecule has 0 aliphatic rings. The van der Waals surface area contributed by atoms with Crippen LogP contribution >= 0.6 is 0 Å². The second kappa shape index (κ2) is 7.92. The largest absolute Gasteiger partial charge is 0.292 e. The van der Waals surface area contributed by atoms with Gasteiger partial charge in [-0.05, 0) is 19.1 Å².